The summed E-state index contributed by atoms with van der Waals surface area (Å²) in [7, 11) is 0. The molecule has 0 atom stereocenters. The summed E-state index contributed by atoms with van der Waals surface area (Å²) in [6, 6.07) is 69.4. The minimum atomic E-state index is -0.154. The van der Waals surface area contributed by atoms with E-state index in [4.69, 9.17) is 9.47 Å². The first-order valence-electron chi connectivity index (χ1n) is 27.2. The monoisotopic (exact) mass is 998 g/mol. The molecule has 12 rings (SSSR count). The summed E-state index contributed by atoms with van der Waals surface area (Å²) in [6.45, 7) is 7.76. The van der Waals surface area contributed by atoms with Gasteiger partial charge in [-0.3, -0.25) is 0 Å². The number of hydrogen-bond donors (Lipinski definition) is 0. The average molecular weight is 999 g/mol. The van der Waals surface area contributed by atoms with Gasteiger partial charge in [0, 0.05) is 24.7 Å². The van der Waals surface area contributed by atoms with Crippen LogP contribution in [-0.2, 0) is 60.8 Å². The number of aryl methyl sites for hydroxylation is 2. The quantitative estimate of drug-likeness (QED) is 0.0905. The second kappa shape index (κ2) is 22.0. The fourth-order valence-corrected chi connectivity index (χ4v) is 11.5. The van der Waals surface area contributed by atoms with E-state index in [0.29, 0.717) is 48.6 Å². The van der Waals surface area contributed by atoms with E-state index in [1.807, 2.05) is 12.1 Å². The van der Waals surface area contributed by atoms with Gasteiger partial charge in [-0.1, -0.05) is 193 Å². The number of hydrogen-bond acceptors (Lipinski definition) is 2. The Balaban J connectivity index is 0.752. The molecular formula is C72H64F2O2. The van der Waals surface area contributed by atoms with Crippen molar-refractivity contribution in [2.75, 3.05) is 26.4 Å². The van der Waals surface area contributed by atoms with Gasteiger partial charge in [-0.15, -0.1) is 0 Å². The molecular weight excluding hydrogens is 935 g/mol. The lowest BCUT2D eigenvalue weighted by molar-refractivity contribution is -0.0312. The van der Waals surface area contributed by atoms with Gasteiger partial charge in [0.2, 0.25) is 0 Å². The van der Waals surface area contributed by atoms with Crippen molar-refractivity contribution in [1.82, 2.24) is 0 Å². The van der Waals surface area contributed by atoms with Gasteiger partial charge in [0.15, 0.2) is 0 Å². The zero-order valence-electron chi connectivity index (χ0n) is 43.7. The minimum absolute atomic E-state index is 0.153. The van der Waals surface area contributed by atoms with Gasteiger partial charge >= 0.3 is 0 Å². The predicted octanol–water partition coefficient (Wildman–Crippen LogP) is 16.5. The molecule has 0 aliphatic carbocycles. The van der Waals surface area contributed by atoms with Crippen LogP contribution in [0.4, 0.5) is 8.78 Å². The van der Waals surface area contributed by atoms with Gasteiger partial charge in [0.05, 0.1) is 26.4 Å². The second-order valence-electron chi connectivity index (χ2n) is 22.1. The van der Waals surface area contributed by atoms with Crippen LogP contribution < -0.4 is 0 Å². The Bertz CT molecular complexity index is 3680. The maximum Gasteiger partial charge on any atom is 0.127 e. The highest BCUT2D eigenvalue weighted by atomic mass is 19.1. The molecule has 2 saturated heterocycles. The first kappa shape index (κ1) is 49.4. The molecule has 378 valence electrons. The van der Waals surface area contributed by atoms with Crippen molar-refractivity contribution in [2.24, 2.45) is 11.8 Å². The van der Waals surface area contributed by atoms with Crippen molar-refractivity contribution in [3.05, 3.63) is 295 Å². The van der Waals surface area contributed by atoms with Gasteiger partial charge in [-0.2, -0.15) is 0 Å². The van der Waals surface area contributed by atoms with Crippen LogP contribution in [0.1, 0.15) is 89.0 Å². The predicted molar refractivity (Wildman–Crippen MR) is 308 cm³/mol. The van der Waals surface area contributed by atoms with E-state index in [0.717, 1.165) is 74.4 Å². The molecule has 4 heteroatoms. The molecule has 2 nitrogen and oxygen atoms in total. The zero-order chi connectivity index (χ0) is 51.5. The van der Waals surface area contributed by atoms with Gasteiger partial charge in [0.25, 0.3) is 0 Å². The number of fused-ring (bicyclic) bond motifs is 2. The molecule has 0 saturated carbocycles. The molecule has 2 heterocycles. The van der Waals surface area contributed by atoms with Gasteiger partial charge < -0.3 is 9.47 Å². The van der Waals surface area contributed by atoms with E-state index in [2.05, 4.69) is 184 Å². The van der Waals surface area contributed by atoms with Crippen molar-refractivity contribution in [3.63, 3.8) is 0 Å². The fourth-order valence-electron chi connectivity index (χ4n) is 11.5. The van der Waals surface area contributed by atoms with E-state index >= 15 is 8.78 Å². The summed E-state index contributed by atoms with van der Waals surface area (Å²) in [5.74, 6) is 0.953. The Kier molecular flexibility index (Phi) is 14.3. The largest absolute Gasteiger partial charge is 0.381 e. The highest BCUT2D eigenvalue weighted by molar-refractivity contribution is 6.07. The Morgan fingerprint density at radius 2 is 0.711 bits per heavy atom. The molecule has 76 heavy (non-hydrogen) atoms. The summed E-state index contributed by atoms with van der Waals surface area (Å²) in [4.78, 5) is 0. The number of ether oxygens (including phenoxy) is 2. The molecule has 0 N–H and O–H groups in total. The second-order valence-corrected chi connectivity index (χ2v) is 22.1. The van der Waals surface area contributed by atoms with E-state index in [-0.39, 0.29) is 11.6 Å². The smallest absolute Gasteiger partial charge is 0.127 e. The average Bonchev–Trinajstić information content (AvgIpc) is 3.49. The third-order valence-electron chi connectivity index (χ3n) is 15.9. The Morgan fingerprint density at radius 1 is 0.329 bits per heavy atom. The van der Waals surface area contributed by atoms with Crippen molar-refractivity contribution in [3.8, 4) is 11.1 Å². The van der Waals surface area contributed by atoms with E-state index < -0.39 is 0 Å². The Labute approximate surface area is 447 Å². The van der Waals surface area contributed by atoms with Crippen molar-refractivity contribution in [1.29, 1.82) is 0 Å². The Morgan fingerprint density at radius 3 is 1.16 bits per heavy atom. The first-order chi connectivity index (χ1) is 37.2. The minimum Gasteiger partial charge on any atom is -0.381 e. The molecule has 0 spiro atoms. The lowest BCUT2D eigenvalue weighted by Gasteiger charge is -2.25. The molecule has 10 aromatic carbocycles. The molecule has 2 aliphatic rings. The van der Waals surface area contributed by atoms with Crippen LogP contribution in [0.15, 0.2) is 194 Å². The van der Waals surface area contributed by atoms with E-state index in [1.165, 1.54) is 88.3 Å². The zero-order valence-corrected chi connectivity index (χ0v) is 43.7. The summed E-state index contributed by atoms with van der Waals surface area (Å²) < 4.78 is 42.0. The van der Waals surface area contributed by atoms with Crippen LogP contribution >= 0.6 is 0 Å². The van der Waals surface area contributed by atoms with Crippen LogP contribution in [-0.4, -0.2) is 26.4 Å². The molecule has 2 fully saturated rings. The van der Waals surface area contributed by atoms with Gasteiger partial charge in [0.1, 0.15) is 11.6 Å². The molecule has 0 radical (unpaired) electrons. The highest BCUT2D eigenvalue weighted by Crippen LogP contribution is 2.40. The van der Waals surface area contributed by atoms with Crippen LogP contribution in [0.5, 0.6) is 0 Å². The summed E-state index contributed by atoms with van der Waals surface area (Å²) in [5.41, 5.74) is 20.5. The fraction of sp³-hybridized carbons (Fsp3) is 0.222. The van der Waals surface area contributed by atoms with Gasteiger partial charge in [-0.05, 0) is 175 Å². The summed E-state index contributed by atoms with van der Waals surface area (Å²) in [6.07, 6.45) is 6.12. The normalized spacial score (nSPS) is 13.8. The Hall–Kier alpha value is -7.50. The standard InChI is InChI=1S/C72H64F2O2/c1-47-4-28-68-62(29-47)25-26-65(38-56-19-17-55(18-20-56)37-64-24-22-58(42-71(64)74)32-50-7-11-53(12-8-50)35-61-45-76-46-61)72(68)69-40-59(39-66-30-48(2)3-27-67(66)69)33-51-13-15-54(16-14-51)36-63-23-21-57(41-70(63)73)31-49-5-9-52(10-6-49)34-60-43-75-44-60/h3-30,39-42,60-61H,31-38,43-46H2,1-2H3. The van der Waals surface area contributed by atoms with Crippen molar-refractivity contribution >= 4 is 21.5 Å². The van der Waals surface area contributed by atoms with Crippen molar-refractivity contribution < 1.29 is 18.3 Å². The summed E-state index contributed by atoms with van der Waals surface area (Å²) >= 11 is 0. The molecule has 10 aromatic rings. The van der Waals surface area contributed by atoms with E-state index in [1.54, 1.807) is 12.1 Å². The first-order valence-corrected chi connectivity index (χ1v) is 27.2. The number of halogens is 2. The lowest BCUT2D eigenvalue weighted by Crippen LogP contribution is -2.29. The summed E-state index contributed by atoms with van der Waals surface area (Å²) in [5, 5.41) is 4.92. The maximum atomic E-state index is 15.7. The van der Waals surface area contributed by atoms with E-state index in [9.17, 15) is 0 Å². The third kappa shape index (κ3) is 11.5. The number of benzene rings is 10. The molecule has 2 aliphatic heterocycles. The SMILES string of the molecule is Cc1ccc2c(-c3c(Cc4ccc(Cc5ccc(Cc6ccc(CC7COC7)cc6)cc5F)cc4)ccc4cc(C)ccc34)cc(Cc3ccc(Cc4ccc(Cc5ccc(CC6COC6)cc5)cc4F)cc3)cc2c1. The van der Waals surface area contributed by atoms with Gasteiger partial charge in [-0.25, -0.2) is 8.78 Å². The molecule has 0 aromatic heterocycles. The third-order valence-corrected chi connectivity index (χ3v) is 15.9. The topological polar surface area (TPSA) is 18.5 Å². The molecule has 0 amide bonds. The lowest BCUT2D eigenvalue weighted by atomic mass is 9.85. The van der Waals surface area contributed by atoms with Crippen LogP contribution in [0.2, 0.25) is 0 Å². The molecule has 0 bridgehead atoms. The number of rotatable bonds is 17. The highest BCUT2D eigenvalue weighted by Gasteiger charge is 2.21. The van der Waals surface area contributed by atoms with Crippen LogP contribution in [0.25, 0.3) is 32.7 Å². The maximum absolute atomic E-state index is 15.7. The van der Waals surface area contributed by atoms with Crippen LogP contribution in [0, 0.1) is 37.3 Å². The molecule has 0 unspecified atom stereocenters. The van der Waals surface area contributed by atoms with Crippen LogP contribution in [0.3, 0.4) is 0 Å². The van der Waals surface area contributed by atoms with Crippen molar-refractivity contribution in [2.45, 2.75) is 65.2 Å².